The Labute approximate surface area is 112 Å². The molecule has 100 valence electrons. The molecule has 0 aromatic heterocycles. The molecule has 1 atom stereocenters. The van der Waals surface area contributed by atoms with Crippen molar-refractivity contribution in [1.29, 1.82) is 0 Å². The molecule has 19 heavy (non-hydrogen) atoms. The summed E-state index contributed by atoms with van der Waals surface area (Å²) in [4.78, 5) is 0. The highest BCUT2D eigenvalue weighted by molar-refractivity contribution is 5.41. The Kier molecular flexibility index (Phi) is 4.39. The van der Waals surface area contributed by atoms with E-state index in [1.807, 2.05) is 48.5 Å². The molecule has 0 aliphatic heterocycles. The molecule has 0 spiro atoms. The number of benzene rings is 2. The Morgan fingerprint density at radius 3 is 2.26 bits per heavy atom. The first-order valence-electron chi connectivity index (χ1n) is 6.11. The van der Waals surface area contributed by atoms with Crippen LogP contribution in [0.2, 0.25) is 0 Å². The number of nitrogens with two attached hydrogens (primary N) is 2. The summed E-state index contributed by atoms with van der Waals surface area (Å²) in [6.07, 6.45) is 0. The third-order valence-corrected chi connectivity index (χ3v) is 2.86. The van der Waals surface area contributed by atoms with E-state index in [9.17, 15) is 0 Å². The molecule has 4 nitrogen and oxygen atoms in total. The van der Waals surface area contributed by atoms with Gasteiger partial charge in [0.1, 0.15) is 17.2 Å². The lowest BCUT2D eigenvalue weighted by atomic mass is 10.1. The number of ether oxygens (including phenoxy) is 2. The maximum absolute atomic E-state index is 5.97. The Morgan fingerprint density at radius 2 is 1.63 bits per heavy atom. The SMILES string of the molecule is COc1ccc(Oc2ccccc2C(N)CN)cc1. The van der Waals surface area contributed by atoms with Crippen molar-refractivity contribution in [2.75, 3.05) is 13.7 Å². The summed E-state index contributed by atoms with van der Waals surface area (Å²) in [6, 6.07) is 14.8. The Balaban J connectivity index is 2.22. The van der Waals surface area contributed by atoms with Crippen LogP contribution in [0.25, 0.3) is 0 Å². The average molecular weight is 258 g/mol. The van der Waals surface area contributed by atoms with Crippen molar-refractivity contribution >= 4 is 0 Å². The minimum atomic E-state index is -0.227. The fourth-order valence-corrected chi connectivity index (χ4v) is 1.78. The highest BCUT2D eigenvalue weighted by Gasteiger charge is 2.10. The predicted octanol–water partition coefficient (Wildman–Crippen LogP) is 2.45. The van der Waals surface area contributed by atoms with Crippen molar-refractivity contribution in [2.24, 2.45) is 11.5 Å². The number of hydrogen-bond donors (Lipinski definition) is 2. The highest BCUT2D eigenvalue weighted by atomic mass is 16.5. The van der Waals surface area contributed by atoms with Crippen LogP contribution in [0.15, 0.2) is 48.5 Å². The zero-order valence-corrected chi connectivity index (χ0v) is 10.9. The Bertz CT molecular complexity index is 526. The van der Waals surface area contributed by atoms with Crippen LogP contribution in [0.4, 0.5) is 0 Å². The summed E-state index contributed by atoms with van der Waals surface area (Å²) in [5, 5.41) is 0. The standard InChI is InChI=1S/C15H18N2O2/c1-18-11-6-8-12(9-7-11)19-15-5-3-2-4-13(15)14(17)10-16/h2-9,14H,10,16-17H2,1H3. The van der Waals surface area contributed by atoms with Gasteiger partial charge in [0, 0.05) is 18.2 Å². The maximum Gasteiger partial charge on any atom is 0.132 e. The molecule has 4 N–H and O–H groups in total. The van der Waals surface area contributed by atoms with Gasteiger partial charge in [0.2, 0.25) is 0 Å². The molecule has 2 rings (SSSR count). The molecule has 0 aliphatic carbocycles. The van der Waals surface area contributed by atoms with Crippen LogP contribution in [-0.2, 0) is 0 Å². The Hall–Kier alpha value is -2.04. The first kappa shape index (κ1) is 13.4. The van der Waals surface area contributed by atoms with Gasteiger partial charge in [-0.3, -0.25) is 0 Å². The highest BCUT2D eigenvalue weighted by Crippen LogP contribution is 2.29. The van der Waals surface area contributed by atoms with Crippen molar-refractivity contribution in [3.05, 3.63) is 54.1 Å². The van der Waals surface area contributed by atoms with E-state index in [1.165, 1.54) is 0 Å². The monoisotopic (exact) mass is 258 g/mol. The van der Waals surface area contributed by atoms with Gasteiger partial charge in [0.25, 0.3) is 0 Å². The third kappa shape index (κ3) is 3.24. The molecular formula is C15H18N2O2. The molecular weight excluding hydrogens is 240 g/mol. The molecule has 0 fully saturated rings. The minimum absolute atomic E-state index is 0.227. The first-order chi connectivity index (χ1) is 9.24. The maximum atomic E-state index is 5.97. The van der Waals surface area contributed by atoms with Gasteiger partial charge < -0.3 is 20.9 Å². The van der Waals surface area contributed by atoms with Gasteiger partial charge in [-0.05, 0) is 30.3 Å². The van der Waals surface area contributed by atoms with Crippen LogP contribution in [0.3, 0.4) is 0 Å². The van der Waals surface area contributed by atoms with Gasteiger partial charge in [0.05, 0.1) is 7.11 Å². The van der Waals surface area contributed by atoms with E-state index < -0.39 is 0 Å². The minimum Gasteiger partial charge on any atom is -0.497 e. The van der Waals surface area contributed by atoms with Crippen LogP contribution >= 0.6 is 0 Å². The van der Waals surface area contributed by atoms with Crippen LogP contribution in [0.5, 0.6) is 17.2 Å². The molecule has 0 aliphatic rings. The molecule has 0 bridgehead atoms. The zero-order chi connectivity index (χ0) is 13.7. The third-order valence-electron chi connectivity index (χ3n) is 2.86. The van der Waals surface area contributed by atoms with Crippen molar-refractivity contribution < 1.29 is 9.47 Å². The van der Waals surface area contributed by atoms with Gasteiger partial charge >= 0.3 is 0 Å². The van der Waals surface area contributed by atoms with Crippen LogP contribution in [0.1, 0.15) is 11.6 Å². The molecule has 0 saturated heterocycles. The van der Waals surface area contributed by atoms with Crippen LogP contribution < -0.4 is 20.9 Å². The second kappa shape index (κ2) is 6.22. The summed E-state index contributed by atoms with van der Waals surface area (Å²) in [6.45, 7) is 0.378. The molecule has 1 unspecified atom stereocenters. The second-order valence-corrected chi connectivity index (χ2v) is 4.16. The van der Waals surface area contributed by atoms with Crippen molar-refractivity contribution in [1.82, 2.24) is 0 Å². The summed E-state index contributed by atoms with van der Waals surface area (Å²) in [7, 11) is 1.63. The van der Waals surface area contributed by atoms with Crippen molar-refractivity contribution in [3.8, 4) is 17.2 Å². The quantitative estimate of drug-likeness (QED) is 0.864. The molecule has 0 saturated carbocycles. The number of para-hydroxylation sites is 1. The van der Waals surface area contributed by atoms with Crippen LogP contribution in [-0.4, -0.2) is 13.7 Å². The van der Waals surface area contributed by atoms with E-state index in [2.05, 4.69) is 0 Å². The van der Waals surface area contributed by atoms with E-state index in [0.717, 1.165) is 22.8 Å². The predicted molar refractivity (Wildman–Crippen MR) is 75.5 cm³/mol. The molecule has 0 radical (unpaired) electrons. The molecule has 2 aromatic rings. The van der Waals surface area contributed by atoms with E-state index in [0.29, 0.717) is 6.54 Å². The van der Waals surface area contributed by atoms with Gasteiger partial charge in [-0.25, -0.2) is 0 Å². The van der Waals surface area contributed by atoms with E-state index in [1.54, 1.807) is 7.11 Å². The van der Waals surface area contributed by atoms with E-state index >= 15 is 0 Å². The Morgan fingerprint density at radius 1 is 1.00 bits per heavy atom. The molecule has 2 aromatic carbocycles. The van der Waals surface area contributed by atoms with Crippen molar-refractivity contribution in [3.63, 3.8) is 0 Å². The number of methoxy groups -OCH3 is 1. The smallest absolute Gasteiger partial charge is 0.132 e. The fraction of sp³-hybridized carbons (Fsp3) is 0.200. The lowest BCUT2D eigenvalue weighted by molar-refractivity contribution is 0.412. The normalized spacial score (nSPS) is 11.9. The lowest BCUT2D eigenvalue weighted by Gasteiger charge is -2.15. The number of hydrogen-bond acceptors (Lipinski definition) is 4. The van der Waals surface area contributed by atoms with Gasteiger partial charge in [-0.2, -0.15) is 0 Å². The van der Waals surface area contributed by atoms with Crippen molar-refractivity contribution in [2.45, 2.75) is 6.04 Å². The van der Waals surface area contributed by atoms with E-state index in [-0.39, 0.29) is 6.04 Å². The second-order valence-electron chi connectivity index (χ2n) is 4.16. The van der Waals surface area contributed by atoms with Gasteiger partial charge in [-0.15, -0.1) is 0 Å². The fourth-order valence-electron chi connectivity index (χ4n) is 1.78. The number of rotatable bonds is 5. The average Bonchev–Trinajstić information content (AvgIpc) is 2.48. The largest absolute Gasteiger partial charge is 0.497 e. The summed E-state index contributed by atoms with van der Waals surface area (Å²) in [5.41, 5.74) is 12.5. The summed E-state index contributed by atoms with van der Waals surface area (Å²) in [5.74, 6) is 2.25. The van der Waals surface area contributed by atoms with Gasteiger partial charge in [-0.1, -0.05) is 18.2 Å². The first-order valence-corrected chi connectivity index (χ1v) is 6.11. The van der Waals surface area contributed by atoms with Gasteiger partial charge in [0.15, 0.2) is 0 Å². The lowest BCUT2D eigenvalue weighted by Crippen LogP contribution is -2.21. The zero-order valence-electron chi connectivity index (χ0n) is 10.9. The molecule has 0 amide bonds. The topological polar surface area (TPSA) is 70.5 Å². The summed E-state index contributed by atoms with van der Waals surface area (Å²) < 4.78 is 10.9. The summed E-state index contributed by atoms with van der Waals surface area (Å²) >= 11 is 0. The van der Waals surface area contributed by atoms with E-state index in [4.69, 9.17) is 20.9 Å². The molecule has 0 heterocycles. The molecule has 4 heteroatoms. The van der Waals surface area contributed by atoms with Crippen LogP contribution in [0, 0.1) is 0 Å².